The van der Waals surface area contributed by atoms with Gasteiger partial charge in [0.1, 0.15) is 12.7 Å². The molecule has 2 saturated heterocycles. The Bertz CT molecular complexity index is 1340. The molecule has 184 valence electrons. The topological polar surface area (TPSA) is 106 Å². The fraction of sp³-hybridized carbons (Fsp3) is 0.458. The normalized spacial score (nSPS) is 22.3. The monoisotopic (exact) mass is 502 g/mol. The summed E-state index contributed by atoms with van der Waals surface area (Å²) < 4.78 is 55.6. The van der Waals surface area contributed by atoms with Crippen LogP contribution in [0.2, 0.25) is 0 Å². The van der Waals surface area contributed by atoms with Gasteiger partial charge in [0, 0.05) is 54.3 Å². The Balaban J connectivity index is 1.63. The average molecular weight is 502 g/mol. The van der Waals surface area contributed by atoms with E-state index in [0.29, 0.717) is 46.7 Å². The Kier molecular flexibility index (Phi) is 6.10. The molecule has 0 radical (unpaired) electrons. The lowest BCUT2D eigenvalue weighted by atomic mass is 10.0. The number of nitrogens with zero attached hydrogens (tertiary/aromatic N) is 3. The van der Waals surface area contributed by atoms with Gasteiger partial charge in [-0.25, -0.2) is 9.97 Å². The molecule has 3 aromatic rings. The van der Waals surface area contributed by atoms with Crippen LogP contribution >= 0.6 is 7.14 Å². The van der Waals surface area contributed by atoms with Crippen molar-refractivity contribution < 1.29 is 17.7 Å². The largest absolute Gasteiger partial charge is 0.419 e. The van der Waals surface area contributed by atoms with E-state index < -0.39 is 18.9 Å². The molecule has 7 nitrogen and oxygen atoms in total. The standard InChI is InChI=1S/C24H26F3N6OP/c1-14-4-6-16(11-29-14)32-23-31-13-19(24(25,26)27)20(33-23)18-12-30-21-17(18)7-5-15(10-28)22(21)35(34)8-2-3-9-35/h5,7,12-14,16,29-30H,2-4,6,8-9,11H2,1H3,(H,31,32,33)/t14-,16-/m0/s1. The quantitative estimate of drug-likeness (QED) is 0.441. The first-order valence-electron chi connectivity index (χ1n) is 11.8. The Labute approximate surface area is 200 Å². The van der Waals surface area contributed by atoms with E-state index >= 15 is 0 Å². The molecule has 2 fully saturated rings. The van der Waals surface area contributed by atoms with Crippen LogP contribution in [0.3, 0.4) is 0 Å². The van der Waals surface area contributed by atoms with Crippen LogP contribution in [0.15, 0.2) is 24.5 Å². The first kappa shape index (κ1) is 23.8. The molecule has 2 aliphatic heterocycles. The lowest BCUT2D eigenvalue weighted by molar-refractivity contribution is -0.137. The number of aromatic amines is 1. The van der Waals surface area contributed by atoms with Crippen molar-refractivity contribution in [2.24, 2.45) is 0 Å². The molecule has 35 heavy (non-hydrogen) atoms. The number of alkyl halides is 3. The molecule has 0 unspecified atom stereocenters. The minimum Gasteiger partial charge on any atom is -0.360 e. The van der Waals surface area contributed by atoms with Crippen molar-refractivity contribution in [3.8, 4) is 17.3 Å². The maximum absolute atomic E-state index is 14.0. The van der Waals surface area contributed by atoms with Crippen LogP contribution in [0, 0.1) is 11.3 Å². The minimum absolute atomic E-state index is 0.0102. The van der Waals surface area contributed by atoms with E-state index in [1.807, 2.05) is 0 Å². The Morgan fingerprint density at radius 3 is 2.66 bits per heavy atom. The average Bonchev–Trinajstić information content (AvgIpc) is 3.46. The van der Waals surface area contributed by atoms with E-state index in [2.05, 4.69) is 38.6 Å². The number of nitriles is 1. The zero-order valence-electron chi connectivity index (χ0n) is 19.2. The summed E-state index contributed by atoms with van der Waals surface area (Å²) in [6.45, 7) is 2.76. The van der Waals surface area contributed by atoms with Gasteiger partial charge < -0.3 is 20.2 Å². The lowest BCUT2D eigenvalue weighted by Gasteiger charge is -2.28. The number of nitrogens with one attached hydrogen (secondary N) is 3. The van der Waals surface area contributed by atoms with E-state index in [1.165, 1.54) is 6.20 Å². The summed E-state index contributed by atoms with van der Waals surface area (Å²) in [6.07, 6.45) is 2.02. The van der Waals surface area contributed by atoms with Gasteiger partial charge in [-0.15, -0.1) is 0 Å². The number of anilines is 1. The van der Waals surface area contributed by atoms with Crippen molar-refractivity contribution in [2.75, 3.05) is 24.2 Å². The first-order valence-corrected chi connectivity index (χ1v) is 13.8. The van der Waals surface area contributed by atoms with Crippen molar-refractivity contribution in [1.82, 2.24) is 20.3 Å². The fourth-order valence-electron chi connectivity index (χ4n) is 5.13. The second kappa shape index (κ2) is 8.96. The number of halogens is 3. The van der Waals surface area contributed by atoms with Gasteiger partial charge in [-0.1, -0.05) is 6.07 Å². The van der Waals surface area contributed by atoms with E-state index in [4.69, 9.17) is 0 Å². The molecule has 2 aliphatic rings. The third kappa shape index (κ3) is 4.43. The highest BCUT2D eigenvalue weighted by Gasteiger charge is 2.38. The number of hydrogen-bond donors (Lipinski definition) is 3. The minimum atomic E-state index is -4.66. The number of rotatable bonds is 4. The van der Waals surface area contributed by atoms with Gasteiger partial charge in [-0.2, -0.15) is 18.4 Å². The Hall–Kier alpha value is -2.89. The highest BCUT2D eigenvalue weighted by Crippen LogP contribution is 2.53. The smallest absolute Gasteiger partial charge is 0.360 e. The van der Waals surface area contributed by atoms with Gasteiger partial charge in [0.2, 0.25) is 5.95 Å². The van der Waals surface area contributed by atoms with Crippen LogP contribution in [0.25, 0.3) is 22.2 Å². The SMILES string of the molecule is C[C@H]1CC[C@H](Nc2ncc(C(F)(F)F)c(-c3c[nH]c4c(P5(=O)CCCC5)c(C#N)ccc34)n2)CN1. The van der Waals surface area contributed by atoms with Gasteiger partial charge in [0.15, 0.2) is 0 Å². The zero-order chi connectivity index (χ0) is 24.8. The van der Waals surface area contributed by atoms with Crippen LogP contribution in [-0.2, 0) is 10.7 Å². The summed E-state index contributed by atoms with van der Waals surface area (Å²) in [7, 11) is -2.81. The summed E-state index contributed by atoms with van der Waals surface area (Å²) in [5.74, 6) is 0.126. The maximum atomic E-state index is 14.0. The molecule has 3 N–H and O–H groups in total. The van der Waals surface area contributed by atoms with Crippen LogP contribution < -0.4 is 15.9 Å². The third-order valence-electron chi connectivity index (χ3n) is 6.99. The maximum Gasteiger partial charge on any atom is 0.419 e. The molecule has 5 rings (SSSR count). The summed E-state index contributed by atoms with van der Waals surface area (Å²) in [5, 5.41) is 17.1. The molecule has 0 saturated carbocycles. The summed E-state index contributed by atoms with van der Waals surface area (Å²) >= 11 is 0. The van der Waals surface area contributed by atoms with Gasteiger partial charge in [-0.3, -0.25) is 0 Å². The number of aromatic nitrogens is 3. The lowest BCUT2D eigenvalue weighted by Crippen LogP contribution is -2.43. The number of hydrogen-bond acceptors (Lipinski definition) is 6. The zero-order valence-corrected chi connectivity index (χ0v) is 20.1. The highest BCUT2D eigenvalue weighted by atomic mass is 31.2. The molecule has 2 aromatic heterocycles. The van der Waals surface area contributed by atoms with Crippen molar-refractivity contribution in [1.29, 1.82) is 5.26 Å². The fourth-order valence-corrected chi connectivity index (χ4v) is 8.43. The Morgan fingerprint density at radius 2 is 2.00 bits per heavy atom. The van der Waals surface area contributed by atoms with Gasteiger partial charge in [0.25, 0.3) is 0 Å². The van der Waals surface area contributed by atoms with E-state index in [0.717, 1.165) is 31.9 Å². The molecular weight excluding hydrogens is 476 g/mol. The predicted molar refractivity (Wildman–Crippen MR) is 129 cm³/mol. The Morgan fingerprint density at radius 1 is 1.23 bits per heavy atom. The molecular formula is C24H26F3N6OP. The van der Waals surface area contributed by atoms with Crippen LogP contribution in [-0.4, -0.2) is 45.9 Å². The van der Waals surface area contributed by atoms with Gasteiger partial charge >= 0.3 is 6.18 Å². The van der Waals surface area contributed by atoms with Gasteiger partial charge in [0.05, 0.1) is 28.1 Å². The highest BCUT2D eigenvalue weighted by molar-refractivity contribution is 7.72. The van der Waals surface area contributed by atoms with Crippen molar-refractivity contribution >= 4 is 29.3 Å². The molecule has 0 spiro atoms. The number of piperidine rings is 1. The number of benzene rings is 1. The molecule has 11 heteroatoms. The molecule has 0 amide bonds. The summed E-state index contributed by atoms with van der Waals surface area (Å²) in [6, 6.07) is 5.68. The first-order chi connectivity index (χ1) is 16.7. The van der Waals surface area contributed by atoms with E-state index in [1.54, 1.807) is 12.1 Å². The molecule has 0 aliphatic carbocycles. The predicted octanol–water partition coefficient (Wildman–Crippen LogP) is 4.85. The number of fused-ring (bicyclic) bond motifs is 1. The van der Waals surface area contributed by atoms with Crippen molar-refractivity contribution in [3.05, 3.63) is 35.7 Å². The summed E-state index contributed by atoms with van der Waals surface area (Å²) in [4.78, 5) is 11.3. The van der Waals surface area contributed by atoms with Crippen LogP contribution in [0.4, 0.5) is 19.1 Å². The second-order valence-corrected chi connectivity index (χ2v) is 12.5. The molecule has 2 atom stereocenters. The van der Waals surface area contributed by atoms with Crippen molar-refractivity contribution in [2.45, 2.75) is 50.9 Å². The van der Waals surface area contributed by atoms with Crippen LogP contribution in [0.5, 0.6) is 0 Å². The molecule has 1 aromatic carbocycles. The van der Waals surface area contributed by atoms with Gasteiger partial charge in [-0.05, 0) is 38.7 Å². The molecule has 0 bridgehead atoms. The third-order valence-corrected chi connectivity index (χ3v) is 10.3. The van der Waals surface area contributed by atoms with Crippen LogP contribution in [0.1, 0.15) is 43.7 Å². The second-order valence-electron chi connectivity index (χ2n) is 9.42. The van der Waals surface area contributed by atoms with E-state index in [9.17, 15) is 23.0 Å². The molecule has 4 heterocycles. The summed E-state index contributed by atoms with van der Waals surface area (Å²) in [5.41, 5.74) is -0.201. The van der Waals surface area contributed by atoms with Crippen molar-refractivity contribution in [3.63, 3.8) is 0 Å². The van der Waals surface area contributed by atoms with E-state index in [-0.39, 0.29) is 23.2 Å². The number of H-pyrrole nitrogens is 1.